The first-order valence-corrected chi connectivity index (χ1v) is 7.50. The number of ether oxygens (including phenoxy) is 1. The lowest BCUT2D eigenvalue weighted by Gasteiger charge is -2.08. The van der Waals surface area contributed by atoms with Crippen LogP contribution in [-0.4, -0.2) is 54.2 Å². The van der Waals surface area contributed by atoms with Crippen LogP contribution < -0.4 is 4.74 Å². The van der Waals surface area contributed by atoms with Crippen molar-refractivity contribution in [1.29, 1.82) is 0 Å². The summed E-state index contributed by atoms with van der Waals surface area (Å²) in [6, 6.07) is 5.56. The SMILES string of the molecule is COc1ccc2c(c1)c(CCN(C)C)cn2C(=O)CCC(=O)O. The van der Waals surface area contributed by atoms with Crippen molar-refractivity contribution >= 4 is 22.8 Å². The molecule has 0 aliphatic rings. The van der Waals surface area contributed by atoms with Crippen molar-refractivity contribution in [3.05, 3.63) is 30.0 Å². The maximum absolute atomic E-state index is 12.3. The van der Waals surface area contributed by atoms with Crippen LogP contribution in [0.3, 0.4) is 0 Å². The van der Waals surface area contributed by atoms with Crippen LogP contribution in [0.5, 0.6) is 5.75 Å². The maximum Gasteiger partial charge on any atom is 0.303 e. The van der Waals surface area contributed by atoms with Crippen molar-refractivity contribution < 1.29 is 19.4 Å². The van der Waals surface area contributed by atoms with E-state index < -0.39 is 5.97 Å². The van der Waals surface area contributed by atoms with Crippen LogP contribution in [0.4, 0.5) is 0 Å². The van der Waals surface area contributed by atoms with Crippen LogP contribution in [-0.2, 0) is 11.2 Å². The second-order valence-electron chi connectivity index (χ2n) is 5.75. The van der Waals surface area contributed by atoms with Gasteiger partial charge in [0, 0.05) is 24.5 Å². The van der Waals surface area contributed by atoms with E-state index in [-0.39, 0.29) is 18.7 Å². The summed E-state index contributed by atoms with van der Waals surface area (Å²) < 4.78 is 6.83. The van der Waals surface area contributed by atoms with Crippen LogP contribution in [0.15, 0.2) is 24.4 Å². The second-order valence-corrected chi connectivity index (χ2v) is 5.75. The highest BCUT2D eigenvalue weighted by atomic mass is 16.5. The zero-order chi connectivity index (χ0) is 17.0. The van der Waals surface area contributed by atoms with Crippen molar-refractivity contribution in [2.24, 2.45) is 0 Å². The molecule has 0 amide bonds. The molecule has 0 unspecified atom stereocenters. The first-order valence-electron chi connectivity index (χ1n) is 7.50. The summed E-state index contributed by atoms with van der Waals surface area (Å²) in [5.41, 5.74) is 1.84. The van der Waals surface area contributed by atoms with Crippen LogP contribution in [0.1, 0.15) is 23.2 Å². The van der Waals surface area contributed by atoms with Gasteiger partial charge in [0.1, 0.15) is 5.75 Å². The van der Waals surface area contributed by atoms with Crippen molar-refractivity contribution in [1.82, 2.24) is 9.47 Å². The Morgan fingerprint density at radius 2 is 2.00 bits per heavy atom. The number of fused-ring (bicyclic) bond motifs is 1. The molecule has 1 heterocycles. The highest BCUT2D eigenvalue weighted by Gasteiger charge is 2.15. The van der Waals surface area contributed by atoms with E-state index in [9.17, 15) is 9.59 Å². The number of aromatic nitrogens is 1. The number of hydrogen-bond donors (Lipinski definition) is 1. The fourth-order valence-electron chi connectivity index (χ4n) is 2.49. The number of nitrogens with zero attached hydrogens (tertiary/aromatic N) is 2. The fourth-order valence-corrected chi connectivity index (χ4v) is 2.49. The molecule has 2 rings (SSSR count). The predicted molar refractivity (Wildman–Crippen MR) is 88.2 cm³/mol. The lowest BCUT2D eigenvalue weighted by Crippen LogP contribution is -2.15. The van der Waals surface area contributed by atoms with E-state index >= 15 is 0 Å². The van der Waals surface area contributed by atoms with Crippen LogP contribution in [0.25, 0.3) is 10.9 Å². The second kappa shape index (κ2) is 7.28. The predicted octanol–water partition coefficient (Wildman–Crippen LogP) is 2.26. The number of likely N-dealkylation sites (N-methyl/N-ethyl adjacent to an activating group) is 1. The summed E-state index contributed by atoms with van der Waals surface area (Å²) in [7, 11) is 5.60. The average molecular weight is 318 g/mol. The van der Waals surface area contributed by atoms with Gasteiger partial charge in [-0.1, -0.05) is 0 Å². The molecular formula is C17H22N2O4. The molecule has 1 aromatic carbocycles. The van der Waals surface area contributed by atoms with Crippen LogP contribution >= 0.6 is 0 Å². The van der Waals surface area contributed by atoms with Gasteiger partial charge in [-0.15, -0.1) is 0 Å². The van der Waals surface area contributed by atoms with Gasteiger partial charge in [0.25, 0.3) is 0 Å². The molecule has 6 nitrogen and oxygen atoms in total. The third-order valence-corrected chi connectivity index (χ3v) is 3.74. The highest BCUT2D eigenvalue weighted by molar-refractivity contribution is 5.96. The number of rotatable bonds is 7. The lowest BCUT2D eigenvalue weighted by molar-refractivity contribution is -0.136. The lowest BCUT2D eigenvalue weighted by atomic mass is 10.1. The van der Waals surface area contributed by atoms with E-state index in [0.717, 1.165) is 35.2 Å². The molecule has 0 saturated carbocycles. The van der Waals surface area contributed by atoms with E-state index in [0.29, 0.717) is 0 Å². The molecule has 23 heavy (non-hydrogen) atoms. The molecule has 2 aromatic rings. The Hall–Kier alpha value is -2.34. The van der Waals surface area contributed by atoms with Crippen molar-refractivity contribution in [3.63, 3.8) is 0 Å². The third kappa shape index (κ3) is 4.10. The number of aliphatic carboxylic acids is 1. The Kier molecular flexibility index (Phi) is 5.39. The normalized spacial score (nSPS) is 11.1. The minimum Gasteiger partial charge on any atom is -0.497 e. The maximum atomic E-state index is 12.3. The van der Waals surface area contributed by atoms with Crippen LogP contribution in [0.2, 0.25) is 0 Å². The number of carboxylic acid groups (broad SMARTS) is 1. The Labute approximate surface area is 135 Å². The van der Waals surface area contributed by atoms with Gasteiger partial charge in [-0.25, -0.2) is 0 Å². The average Bonchev–Trinajstić information content (AvgIpc) is 2.88. The number of benzene rings is 1. The zero-order valence-corrected chi connectivity index (χ0v) is 13.7. The Morgan fingerprint density at radius 1 is 1.26 bits per heavy atom. The number of hydrogen-bond acceptors (Lipinski definition) is 4. The minimum atomic E-state index is -0.968. The number of methoxy groups -OCH3 is 1. The molecule has 124 valence electrons. The topological polar surface area (TPSA) is 71.8 Å². The monoisotopic (exact) mass is 318 g/mol. The molecule has 1 N–H and O–H groups in total. The van der Waals surface area contributed by atoms with E-state index in [1.165, 1.54) is 0 Å². The first kappa shape index (κ1) is 17.0. The van der Waals surface area contributed by atoms with E-state index in [1.807, 2.05) is 32.4 Å². The third-order valence-electron chi connectivity index (χ3n) is 3.74. The highest BCUT2D eigenvalue weighted by Crippen LogP contribution is 2.27. The molecule has 0 saturated heterocycles. The summed E-state index contributed by atoms with van der Waals surface area (Å²) in [6.07, 6.45) is 2.44. The Bertz CT molecular complexity index is 719. The molecule has 0 spiro atoms. The summed E-state index contributed by atoms with van der Waals surface area (Å²) in [5.74, 6) is -0.442. The van der Waals surface area contributed by atoms with Gasteiger partial charge in [0.05, 0.1) is 19.0 Å². The smallest absolute Gasteiger partial charge is 0.303 e. The largest absolute Gasteiger partial charge is 0.497 e. The van der Waals surface area contributed by atoms with Gasteiger partial charge in [-0.3, -0.25) is 14.2 Å². The summed E-state index contributed by atoms with van der Waals surface area (Å²) in [4.78, 5) is 25.1. The fraction of sp³-hybridized carbons (Fsp3) is 0.412. The molecular weight excluding hydrogens is 296 g/mol. The van der Waals surface area contributed by atoms with Crippen molar-refractivity contribution in [2.45, 2.75) is 19.3 Å². The van der Waals surface area contributed by atoms with Gasteiger partial charge in [-0.05, 0) is 44.3 Å². The van der Waals surface area contributed by atoms with Gasteiger partial charge in [0.2, 0.25) is 5.91 Å². The Morgan fingerprint density at radius 3 is 2.61 bits per heavy atom. The minimum absolute atomic E-state index is 0.0156. The van der Waals surface area contributed by atoms with E-state index in [2.05, 4.69) is 4.90 Å². The zero-order valence-electron chi connectivity index (χ0n) is 13.7. The molecule has 6 heteroatoms. The molecule has 1 aromatic heterocycles. The molecule has 0 aliphatic carbocycles. The molecule has 0 radical (unpaired) electrons. The number of carboxylic acids is 1. The summed E-state index contributed by atoms with van der Waals surface area (Å²) in [5, 5.41) is 9.73. The number of carbonyl (C=O) groups is 2. The summed E-state index contributed by atoms with van der Waals surface area (Å²) in [6.45, 7) is 0.861. The van der Waals surface area contributed by atoms with Gasteiger partial charge in [-0.2, -0.15) is 0 Å². The molecule has 0 bridgehead atoms. The van der Waals surface area contributed by atoms with Gasteiger partial charge >= 0.3 is 5.97 Å². The van der Waals surface area contributed by atoms with E-state index in [1.54, 1.807) is 17.7 Å². The number of carbonyl (C=O) groups excluding carboxylic acids is 1. The van der Waals surface area contributed by atoms with Gasteiger partial charge < -0.3 is 14.7 Å². The standard InChI is InChI=1S/C17H22N2O4/c1-18(2)9-8-12-11-19(16(20)6-7-17(21)22)15-5-4-13(23-3)10-14(12)15/h4-5,10-11H,6-9H2,1-3H3,(H,21,22). The first-order chi connectivity index (χ1) is 10.9. The van der Waals surface area contributed by atoms with E-state index in [4.69, 9.17) is 9.84 Å². The molecule has 0 fully saturated rings. The Balaban J connectivity index is 2.40. The summed E-state index contributed by atoms with van der Waals surface area (Å²) >= 11 is 0. The quantitative estimate of drug-likeness (QED) is 0.848. The van der Waals surface area contributed by atoms with Crippen molar-refractivity contribution in [2.75, 3.05) is 27.7 Å². The molecule has 0 aliphatic heterocycles. The van der Waals surface area contributed by atoms with Crippen LogP contribution in [0, 0.1) is 0 Å². The van der Waals surface area contributed by atoms with Gasteiger partial charge in [0.15, 0.2) is 0 Å². The van der Waals surface area contributed by atoms with Crippen molar-refractivity contribution in [3.8, 4) is 5.75 Å². The molecule has 0 atom stereocenters.